The van der Waals surface area contributed by atoms with E-state index >= 15 is 0 Å². The van der Waals surface area contributed by atoms with E-state index < -0.39 is 26.6 Å². The number of sulfone groups is 1. The predicted octanol–water partition coefficient (Wildman–Crippen LogP) is 6.14. The van der Waals surface area contributed by atoms with Crippen molar-refractivity contribution in [1.29, 1.82) is 0 Å². The number of fused-ring (bicyclic) bond motifs is 13. The van der Waals surface area contributed by atoms with Crippen LogP contribution in [0, 0.1) is 0 Å². The minimum Gasteiger partial charge on any atom is -0.491 e. The van der Waals surface area contributed by atoms with Gasteiger partial charge < -0.3 is 26.6 Å². The van der Waals surface area contributed by atoms with E-state index in [9.17, 15) is 18.3 Å². The maximum absolute atomic E-state index is 13.4. The van der Waals surface area contributed by atoms with Crippen molar-refractivity contribution >= 4 is 27.2 Å². The summed E-state index contributed by atoms with van der Waals surface area (Å²) in [7, 11) is -3.74. The third-order valence-electron chi connectivity index (χ3n) is 7.17. The molecule has 0 saturated carbocycles. The summed E-state index contributed by atoms with van der Waals surface area (Å²) in [4.78, 5) is 22.0. The zero-order chi connectivity index (χ0) is 32.9. The highest BCUT2D eigenvalue weighted by molar-refractivity contribution is 7.92. The molecule has 4 bridgehead atoms. The SMILES string of the molecule is CC.CC.CC1(C)CC(O)CCCCCCOc2c(CN)cccc2NC(=O)c2nc(cnc2N)-c2ccc(cc2)S1(=O)=O. The molecule has 10 nitrogen and oxygen atoms in total. The lowest BCUT2D eigenvalue weighted by Gasteiger charge is -2.27. The van der Waals surface area contributed by atoms with Crippen molar-refractivity contribution < 1.29 is 23.1 Å². The van der Waals surface area contributed by atoms with Gasteiger partial charge in [-0.2, -0.15) is 0 Å². The quantitative estimate of drug-likeness (QED) is 0.248. The lowest BCUT2D eigenvalue weighted by Crippen LogP contribution is -2.36. The van der Waals surface area contributed by atoms with Crippen molar-refractivity contribution in [3.05, 3.63) is 59.9 Å². The van der Waals surface area contributed by atoms with Crippen LogP contribution in [-0.4, -0.2) is 46.9 Å². The first-order chi connectivity index (χ1) is 21.0. The Labute approximate surface area is 262 Å². The summed E-state index contributed by atoms with van der Waals surface area (Å²) in [5, 5.41) is 13.5. The van der Waals surface area contributed by atoms with Crippen LogP contribution in [0.3, 0.4) is 0 Å². The lowest BCUT2D eigenvalue weighted by molar-refractivity contribution is 0.102. The molecule has 2 aliphatic heterocycles. The van der Waals surface area contributed by atoms with Crippen LogP contribution in [0.15, 0.2) is 53.6 Å². The summed E-state index contributed by atoms with van der Waals surface area (Å²) in [5.41, 5.74) is 14.0. The fourth-order valence-corrected chi connectivity index (χ4v) is 6.36. The van der Waals surface area contributed by atoms with E-state index in [1.54, 1.807) is 38.1 Å². The maximum Gasteiger partial charge on any atom is 0.278 e. The van der Waals surface area contributed by atoms with Gasteiger partial charge in [0.2, 0.25) is 0 Å². The van der Waals surface area contributed by atoms with E-state index in [0.29, 0.717) is 35.7 Å². The molecule has 0 spiro atoms. The molecular formula is C33H49N5O5S. The van der Waals surface area contributed by atoms with Crippen LogP contribution >= 0.6 is 0 Å². The normalized spacial score (nSPS) is 18.3. The molecule has 0 aliphatic carbocycles. The van der Waals surface area contributed by atoms with E-state index in [1.807, 2.05) is 33.8 Å². The van der Waals surface area contributed by atoms with Gasteiger partial charge in [0.1, 0.15) is 5.75 Å². The third-order valence-corrected chi connectivity index (χ3v) is 9.69. The lowest BCUT2D eigenvalue weighted by atomic mass is 10.00. The Morgan fingerprint density at radius 3 is 2.34 bits per heavy atom. The number of benzene rings is 2. The van der Waals surface area contributed by atoms with Crippen molar-refractivity contribution in [2.45, 2.75) is 102 Å². The Bertz CT molecular complexity index is 1460. The average molecular weight is 628 g/mol. The molecular weight excluding hydrogens is 578 g/mol. The Morgan fingerprint density at radius 1 is 1.02 bits per heavy atom. The highest BCUT2D eigenvalue weighted by atomic mass is 32.2. The number of carbonyl (C=O) groups excluding carboxylic acids is 1. The molecule has 0 saturated heterocycles. The van der Waals surface area contributed by atoms with Gasteiger partial charge in [-0.1, -0.05) is 71.2 Å². The average Bonchev–Trinajstić information content (AvgIpc) is 3.02. The molecule has 0 radical (unpaired) electrons. The first kappa shape index (κ1) is 36.7. The van der Waals surface area contributed by atoms with Gasteiger partial charge in [-0.05, 0) is 51.3 Å². The second-order valence-corrected chi connectivity index (χ2v) is 13.2. The van der Waals surface area contributed by atoms with Gasteiger partial charge in [0, 0.05) is 17.7 Å². The molecule has 1 aromatic heterocycles. The molecule has 0 fully saturated rings. The zero-order valence-corrected chi connectivity index (χ0v) is 27.7. The van der Waals surface area contributed by atoms with E-state index in [4.69, 9.17) is 16.2 Å². The van der Waals surface area contributed by atoms with Crippen LogP contribution in [0.2, 0.25) is 0 Å². The van der Waals surface area contributed by atoms with Crippen LogP contribution in [0.25, 0.3) is 11.3 Å². The number of nitrogens with two attached hydrogens (primary N) is 2. The summed E-state index contributed by atoms with van der Waals surface area (Å²) in [6, 6.07) is 11.6. The Morgan fingerprint density at radius 2 is 1.68 bits per heavy atom. The van der Waals surface area contributed by atoms with Gasteiger partial charge in [-0.3, -0.25) is 4.79 Å². The Kier molecular flexibility index (Phi) is 14.2. The number of amides is 1. The van der Waals surface area contributed by atoms with Crippen LogP contribution < -0.4 is 21.5 Å². The summed E-state index contributed by atoms with van der Waals surface area (Å²) in [6.45, 7) is 11.9. The molecule has 2 aromatic carbocycles. The summed E-state index contributed by atoms with van der Waals surface area (Å²) in [5.74, 6) is -0.113. The summed E-state index contributed by atoms with van der Waals surface area (Å²) in [6.07, 6.45) is 4.61. The number of nitrogen functional groups attached to an aromatic ring is 1. The Balaban J connectivity index is 0.00000162. The predicted molar refractivity (Wildman–Crippen MR) is 177 cm³/mol. The first-order valence-corrected chi connectivity index (χ1v) is 16.9. The number of anilines is 2. The number of carbonyl (C=O) groups is 1. The Hall–Kier alpha value is -3.54. The van der Waals surface area contributed by atoms with E-state index in [2.05, 4.69) is 15.3 Å². The first-order valence-electron chi connectivity index (χ1n) is 15.5. The number of aliphatic hydroxyl groups is 1. The van der Waals surface area contributed by atoms with Crippen molar-refractivity contribution in [3.8, 4) is 17.0 Å². The van der Waals surface area contributed by atoms with Crippen molar-refractivity contribution in [3.63, 3.8) is 0 Å². The smallest absolute Gasteiger partial charge is 0.278 e. The zero-order valence-electron chi connectivity index (χ0n) is 26.9. The number of hydrogen-bond acceptors (Lipinski definition) is 9. The van der Waals surface area contributed by atoms with Gasteiger partial charge in [0.25, 0.3) is 5.91 Å². The molecule has 5 rings (SSSR count). The number of rotatable bonds is 1. The van der Waals surface area contributed by atoms with Gasteiger partial charge >= 0.3 is 0 Å². The van der Waals surface area contributed by atoms with E-state index in [1.165, 1.54) is 18.3 Å². The molecule has 6 N–H and O–H groups in total. The van der Waals surface area contributed by atoms with Crippen molar-refractivity contribution in [2.75, 3.05) is 17.7 Å². The molecule has 1 atom stereocenters. The molecule has 3 aromatic rings. The van der Waals surface area contributed by atoms with Gasteiger partial charge in [-0.15, -0.1) is 0 Å². The van der Waals surface area contributed by atoms with Crippen molar-refractivity contribution in [2.24, 2.45) is 5.73 Å². The van der Waals surface area contributed by atoms with E-state index in [-0.39, 0.29) is 29.4 Å². The van der Waals surface area contributed by atoms with Crippen LogP contribution in [0.1, 0.15) is 96.1 Å². The molecule has 2 aliphatic rings. The number of aromatic nitrogens is 2. The van der Waals surface area contributed by atoms with Gasteiger partial charge in [0.05, 0.1) is 39.9 Å². The minimum absolute atomic E-state index is 0.0485. The molecule has 44 heavy (non-hydrogen) atoms. The van der Waals surface area contributed by atoms with Crippen LogP contribution in [-0.2, 0) is 16.4 Å². The molecule has 1 unspecified atom stereocenters. The second-order valence-electron chi connectivity index (χ2n) is 10.6. The minimum atomic E-state index is -3.74. The van der Waals surface area contributed by atoms with Crippen molar-refractivity contribution in [1.82, 2.24) is 9.97 Å². The highest BCUT2D eigenvalue weighted by Crippen LogP contribution is 2.33. The number of hydrogen-bond donors (Lipinski definition) is 4. The monoisotopic (exact) mass is 627 g/mol. The summed E-state index contributed by atoms with van der Waals surface area (Å²) >= 11 is 0. The van der Waals surface area contributed by atoms with Crippen LogP contribution in [0.5, 0.6) is 5.75 Å². The number of nitrogens with zero attached hydrogens (tertiary/aromatic N) is 2. The van der Waals surface area contributed by atoms with Gasteiger partial charge in [-0.25, -0.2) is 18.4 Å². The summed E-state index contributed by atoms with van der Waals surface area (Å²) < 4.78 is 31.8. The fourth-order valence-electron chi connectivity index (χ4n) is 4.81. The number of aliphatic hydroxyl groups excluding tert-OH is 1. The molecule has 11 heteroatoms. The second kappa shape index (κ2) is 17.1. The van der Waals surface area contributed by atoms with E-state index in [0.717, 1.165) is 31.2 Å². The number of nitrogens with one attached hydrogen (secondary N) is 1. The van der Waals surface area contributed by atoms with Crippen LogP contribution in [0.4, 0.5) is 11.5 Å². The van der Waals surface area contributed by atoms with Gasteiger partial charge in [0.15, 0.2) is 21.3 Å². The largest absolute Gasteiger partial charge is 0.491 e. The molecule has 242 valence electrons. The topological polar surface area (TPSA) is 171 Å². The maximum atomic E-state index is 13.4. The molecule has 1 amide bonds. The third kappa shape index (κ3) is 8.99. The fraction of sp³-hybridized carbons (Fsp3) is 0.485. The highest BCUT2D eigenvalue weighted by Gasteiger charge is 2.37. The number of para-hydroxylation sites is 1. The number of ether oxygens (including phenoxy) is 1. The molecule has 3 heterocycles. The standard InChI is InChI=1S/C29H37N5O5S.2C2H6/c1-29(2)16-21(35)9-5-3-4-6-15-39-26-20(17-30)8-7-10-23(26)34-28(36)25-27(31)32-18-24(33-25)19-11-13-22(14-12-19)40(29,37)38;2*1-2/h7-8,10-14,18,21,35H,3-6,9,15-17,30H2,1-2H3,(H2,31,32)(H,34,36);2*1-2H3.